The molecular formula is C34H38ClN5O4S. The number of benzene rings is 3. The Morgan fingerprint density at radius 1 is 1.02 bits per heavy atom. The van der Waals surface area contributed by atoms with E-state index in [9.17, 15) is 4.79 Å². The minimum atomic E-state index is -0.605. The number of nitrogens with one attached hydrogen (secondary N) is 2. The van der Waals surface area contributed by atoms with Crippen LogP contribution in [0.25, 0.3) is 0 Å². The topological polar surface area (TPSA) is 99.5 Å². The van der Waals surface area contributed by atoms with E-state index in [1.54, 1.807) is 23.9 Å². The van der Waals surface area contributed by atoms with Crippen molar-refractivity contribution in [3.8, 4) is 17.2 Å². The molecule has 4 aromatic rings. The van der Waals surface area contributed by atoms with Crippen molar-refractivity contribution in [1.82, 2.24) is 14.8 Å². The van der Waals surface area contributed by atoms with Crippen LogP contribution in [0.4, 0.5) is 11.6 Å². The number of thioether (sulfide) groups is 1. The SMILES string of the molecule is CCCCCOc1ccc(C2C(C(=O)Nc3ccccc3OC)=C(C)Nc3nc(SCc4ccccc4Cl)nn32)cc1OCC. The molecule has 2 N–H and O–H groups in total. The highest BCUT2D eigenvalue weighted by Gasteiger charge is 2.35. The van der Waals surface area contributed by atoms with Gasteiger partial charge in [0.2, 0.25) is 11.1 Å². The lowest BCUT2D eigenvalue weighted by Crippen LogP contribution is -2.31. The smallest absolute Gasteiger partial charge is 0.255 e. The number of rotatable bonds is 14. The molecule has 1 aliphatic heterocycles. The first-order valence-electron chi connectivity index (χ1n) is 15.1. The average Bonchev–Trinajstić information content (AvgIpc) is 3.45. The monoisotopic (exact) mass is 647 g/mol. The zero-order chi connectivity index (χ0) is 31.8. The molecule has 0 spiro atoms. The van der Waals surface area contributed by atoms with Crippen LogP contribution in [-0.4, -0.2) is 41.0 Å². The number of nitrogens with zero attached hydrogens (tertiary/aromatic N) is 3. The Labute approximate surface area is 273 Å². The van der Waals surface area contributed by atoms with E-state index in [1.165, 1.54) is 11.8 Å². The number of para-hydroxylation sites is 2. The lowest BCUT2D eigenvalue weighted by Gasteiger charge is -2.29. The van der Waals surface area contributed by atoms with Crippen molar-refractivity contribution >= 4 is 40.9 Å². The van der Waals surface area contributed by atoms with E-state index in [2.05, 4.69) is 17.6 Å². The van der Waals surface area contributed by atoms with Gasteiger partial charge in [0.1, 0.15) is 11.8 Å². The highest BCUT2D eigenvalue weighted by Crippen LogP contribution is 2.40. The van der Waals surface area contributed by atoms with Crippen molar-refractivity contribution in [2.45, 2.75) is 57.0 Å². The Bertz CT molecular complexity index is 1670. The fourth-order valence-corrected chi connectivity index (χ4v) is 6.22. The third kappa shape index (κ3) is 7.57. The molecule has 9 nitrogen and oxygen atoms in total. The standard InChI is InChI=1S/C34H38ClN5O4S/c1-5-7-12-19-44-28-18-17-23(20-29(28)43-6-2)31-30(32(41)37-26-15-10-11-16-27(26)42-4)22(3)36-33-38-34(39-40(31)33)45-21-24-13-8-9-14-25(24)35/h8-11,13-18,20,31H,5-7,12,19,21H2,1-4H3,(H,37,41)(H,36,38,39). The first-order chi connectivity index (χ1) is 21.9. The maximum Gasteiger partial charge on any atom is 0.255 e. The van der Waals surface area contributed by atoms with Crippen LogP contribution in [0.3, 0.4) is 0 Å². The fraction of sp³-hybridized carbons (Fsp3) is 0.324. The van der Waals surface area contributed by atoms with Gasteiger partial charge in [0.05, 0.1) is 31.6 Å². The lowest BCUT2D eigenvalue weighted by molar-refractivity contribution is -0.113. The summed E-state index contributed by atoms with van der Waals surface area (Å²) in [6, 6.07) is 20.2. The van der Waals surface area contributed by atoms with Gasteiger partial charge in [-0.3, -0.25) is 4.79 Å². The van der Waals surface area contributed by atoms with Crippen molar-refractivity contribution in [2.75, 3.05) is 31.0 Å². The molecule has 236 valence electrons. The van der Waals surface area contributed by atoms with Crippen LogP contribution in [0, 0.1) is 0 Å². The number of anilines is 2. The van der Waals surface area contributed by atoms with Gasteiger partial charge in [-0.2, -0.15) is 4.98 Å². The second-order valence-electron chi connectivity index (χ2n) is 10.5. The predicted octanol–water partition coefficient (Wildman–Crippen LogP) is 8.13. The van der Waals surface area contributed by atoms with Gasteiger partial charge in [-0.05, 0) is 61.7 Å². The van der Waals surface area contributed by atoms with Gasteiger partial charge < -0.3 is 24.8 Å². The van der Waals surface area contributed by atoms with E-state index in [4.69, 9.17) is 35.9 Å². The van der Waals surface area contributed by atoms with Crippen LogP contribution in [0.1, 0.15) is 57.2 Å². The number of hydrogen-bond donors (Lipinski definition) is 2. The Morgan fingerprint density at radius 2 is 1.82 bits per heavy atom. The maximum absolute atomic E-state index is 14.1. The number of fused-ring (bicyclic) bond motifs is 1. The van der Waals surface area contributed by atoms with Crippen molar-refractivity contribution in [2.24, 2.45) is 0 Å². The van der Waals surface area contributed by atoms with Gasteiger partial charge >= 0.3 is 0 Å². The number of amides is 1. The van der Waals surface area contributed by atoms with Crippen LogP contribution in [0.2, 0.25) is 5.02 Å². The number of methoxy groups -OCH3 is 1. The summed E-state index contributed by atoms with van der Waals surface area (Å²) in [6.07, 6.45) is 3.17. The molecule has 1 amide bonds. The number of ether oxygens (including phenoxy) is 3. The molecule has 0 bridgehead atoms. The highest BCUT2D eigenvalue weighted by molar-refractivity contribution is 7.98. The Hall–Kier alpha value is -4.15. The Morgan fingerprint density at radius 3 is 2.60 bits per heavy atom. The van der Waals surface area contributed by atoms with Crippen molar-refractivity contribution in [3.05, 3.63) is 94.1 Å². The molecule has 5 rings (SSSR count). The summed E-state index contributed by atoms with van der Waals surface area (Å²) in [5.74, 6) is 2.68. The van der Waals surface area contributed by atoms with Gasteiger partial charge in [-0.1, -0.05) is 79.5 Å². The minimum absolute atomic E-state index is 0.293. The lowest BCUT2D eigenvalue weighted by atomic mass is 9.94. The normalized spacial score (nSPS) is 14.0. The van der Waals surface area contributed by atoms with Crippen LogP contribution < -0.4 is 24.8 Å². The number of carbonyl (C=O) groups excluding carboxylic acids is 1. The number of halogens is 1. The maximum atomic E-state index is 14.1. The molecule has 3 aromatic carbocycles. The van der Waals surface area contributed by atoms with Crippen molar-refractivity contribution < 1.29 is 19.0 Å². The van der Waals surface area contributed by atoms with Gasteiger partial charge in [-0.25, -0.2) is 4.68 Å². The largest absolute Gasteiger partial charge is 0.495 e. The van der Waals surface area contributed by atoms with Crippen LogP contribution in [0.15, 0.2) is 83.2 Å². The first kappa shape index (κ1) is 32.2. The third-order valence-electron chi connectivity index (χ3n) is 7.34. The summed E-state index contributed by atoms with van der Waals surface area (Å²) < 4.78 is 19.4. The van der Waals surface area contributed by atoms with E-state index in [0.29, 0.717) is 69.3 Å². The molecule has 0 aliphatic carbocycles. The number of hydrogen-bond acceptors (Lipinski definition) is 8. The Balaban J connectivity index is 1.52. The van der Waals surface area contributed by atoms with Crippen molar-refractivity contribution in [3.63, 3.8) is 0 Å². The molecule has 1 unspecified atom stereocenters. The van der Waals surface area contributed by atoms with Crippen LogP contribution in [0.5, 0.6) is 17.2 Å². The summed E-state index contributed by atoms with van der Waals surface area (Å²) >= 11 is 7.88. The number of carbonyl (C=O) groups is 1. The Kier molecular flexibility index (Phi) is 10.9. The molecule has 1 aromatic heterocycles. The van der Waals surface area contributed by atoms with Crippen molar-refractivity contribution in [1.29, 1.82) is 0 Å². The fourth-order valence-electron chi connectivity index (χ4n) is 5.11. The summed E-state index contributed by atoms with van der Waals surface area (Å²) in [4.78, 5) is 18.9. The second kappa shape index (κ2) is 15.2. The van der Waals surface area contributed by atoms with Crippen LogP contribution >= 0.6 is 23.4 Å². The van der Waals surface area contributed by atoms with E-state index < -0.39 is 6.04 Å². The van der Waals surface area contributed by atoms with Crippen LogP contribution in [-0.2, 0) is 10.5 Å². The quantitative estimate of drug-likeness (QED) is 0.105. The third-order valence-corrected chi connectivity index (χ3v) is 8.59. The molecular weight excluding hydrogens is 610 g/mol. The van der Waals surface area contributed by atoms with E-state index in [0.717, 1.165) is 30.4 Å². The first-order valence-corrected chi connectivity index (χ1v) is 16.4. The molecule has 0 saturated heterocycles. The van der Waals surface area contributed by atoms with E-state index in [1.807, 2.05) is 68.4 Å². The average molecular weight is 648 g/mol. The molecule has 11 heteroatoms. The zero-order valence-corrected chi connectivity index (χ0v) is 27.5. The molecule has 0 saturated carbocycles. The zero-order valence-electron chi connectivity index (χ0n) is 25.9. The molecule has 2 heterocycles. The minimum Gasteiger partial charge on any atom is -0.495 e. The van der Waals surface area contributed by atoms with E-state index in [-0.39, 0.29) is 5.91 Å². The summed E-state index contributed by atoms with van der Waals surface area (Å²) in [5, 5.41) is 12.5. The molecule has 1 aliphatic rings. The summed E-state index contributed by atoms with van der Waals surface area (Å²) in [5.41, 5.74) is 3.51. The molecule has 0 radical (unpaired) electrons. The predicted molar refractivity (Wildman–Crippen MR) is 180 cm³/mol. The number of allylic oxidation sites excluding steroid dienone is 1. The van der Waals surface area contributed by atoms with Gasteiger partial charge in [-0.15, -0.1) is 5.10 Å². The van der Waals surface area contributed by atoms with Gasteiger partial charge in [0.25, 0.3) is 5.91 Å². The van der Waals surface area contributed by atoms with Gasteiger partial charge in [0.15, 0.2) is 11.5 Å². The highest BCUT2D eigenvalue weighted by atomic mass is 35.5. The number of unbranched alkanes of at least 4 members (excludes halogenated alkanes) is 2. The number of aromatic nitrogens is 3. The summed E-state index contributed by atoms with van der Waals surface area (Å²) in [6.45, 7) is 7.04. The molecule has 1 atom stereocenters. The van der Waals surface area contributed by atoms with Gasteiger partial charge in [0, 0.05) is 16.5 Å². The summed E-state index contributed by atoms with van der Waals surface area (Å²) in [7, 11) is 1.57. The van der Waals surface area contributed by atoms with E-state index >= 15 is 0 Å². The second-order valence-corrected chi connectivity index (χ2v) is 11.8. The molecule has 45 heavy (non-hydrogen) atoms. The molecule has 0 fully saturated rings.